The van der Waals surface area contributed by atoms with E-state index in [1.54, 1.807) is 12.1 Å². The number of carbonyl (C=O) groups excluding carboxylic acids is 1. The van der Waals surface area contributed by atoms with Gasteiger partial charge >= 0.3 is 6.01 Å². The van der Waals surface area contributed by atoms with Crippen molar-refractivity contribution in [3.05, 3.63) is 101 Å². The van der Waals surface area contributed by atoms with Crippen molar-refractivity contribution in [2.24, 2.45) is 0 Å². The summed E-state index contributed by atoms with van der Waals surface area (Å²) in [5.74, 6) is 0.422. The molecule has 0 spiro atoms. The second-order valence-electron chi connectivity index (χ2n) is 6.90. The van der Waals surface area contributed by atoms with Crippen molar-refractivity contribution >= 4 is 11.9 Å². The summed E-state index contributed by atoms with van der Waals surface area (Å²) < 4.78 is 24.6. The number of hydrogen-bond donors (Lipinski definition) is 1. The van der Waals surface area contributed by atoms with Gasteiger partial charge in [0, 0.05) is 11.1 Å². The zero-order chi connectivity index (χ0) is 20.5. The van der Waals surface area contributed by atoms with E-state index < -0.39 is 5.92 Å². The van der Waals surface area contributed by atoms with Crippen molar-refractivity contribution in [1.29, 1.82) is 0 Å². The second-order valence-corrected chi connectivity index (χ2v) is 6.90. The van der Waals surface area contributed by atoms with Crippen LogP contribution in [0.1, 0.15) is 28.5 Å². The number of nitrogens with zero attached hydrogens (tertiary/aromatic N) is 2. The summed E-state index contributed by atoms with van der Waals surface area (Å²) >= 11 is 0. The molecule has 1 aliphatic heterocycles. The van der Waals surface area contributed by atoms with Gasteiger partial charge in [-0.15, -0.1) is 5.10 Å². The molecule has 2 heterocycles. The molecule has 0 bridgehead atoms. The van der Waals surface area contributed by atoms with E-state index in [2.05, 4.69) is 15.5 Å². The summed E-state index contributed by atoms with van der Waals surface area (Å²) in [6.45, 7) is 0. The quantitative estimate of drug-likeness (QED) is 0.537. The van der Waals surface area contributed by atoms with Crippen LogP contribution in [0.4, 0.5) is 10.4 Å². The minimum absolute atomic E-state index is 0.0126. The fourth-order valence-electron chi connectivity index (χ4n) is 3.52. The first kappa shape index (κ1) is 18.1. The number of halogens is 1. The average molecular weight is 401 g/mol. The normalized spacial score (nSPS) is 12.6. The first-order chi connectivity index (χ1) is 14.7. The van der Waals surface area contributed by atoms with Crippen molar-refractivity contribution < 1.29 is 18.3 Å². The van der Waals surface area contributed by atoms with Gasteiger partial charge in [-0.05, 0) is 29.8 Å². The number of carbonyl (C=O) groups is 1. The third-order valence-electron chi connectivity index (χ3n) is 4.91. The molecule has 0 aliphatic carbocycles. The highest BCUT2D eigenvalue weighted by Gasteiger charge is 2.33. The zero-order valence-corrected chi connectivity index (χ0v) is 15.7. The van der Waals surface area contributed by atoms with Gasteiger partial charge in [0.1, 0.15) is 17.3 Å². The van der Waals surface area contributed by atoms with E-state index in [9.17, 15) is 9.18 Å². The molecule has 0 saturated carbocycles. The molecule has 3 aromatic carbocycles. The number of ether oxygens (including phenoxy) is 1. The monoisotopic (exact) mass is 401 g/mol. The van der Waals surface area contributed by atoms with E-state index in [-0.39, 0.29) is 17.7 Å². The molecule has 4 aromatic rings. The van der Waals surface area contributed by atoms with Crippen molar-refractivity contribution in [2.75, 3.05) is 5.32 Å². The molecule has 5 rings (SSSR count). The van der Waals surface area contributed by atoms with Crippen LogP contribution in [0.2, 0.25) is 0 Å². The van der Waals surface area contributed by atoms with E-state index in [0.717, 1.165) is 16.7 Å². The van der Waals surface area contributed by atoms with Gasteiger partial charge in [0.05, 0.1) is 12.3 Å². The van der Waals surface area contributed by atoms with Crippen LogP contribution in [0.25, 0.3) is 0 Å². The zero-order valence-electron chi connectivity index (χ0n) is 15.7. The number of anilines is 1. The molecule has 0 unspecified atom stereocenters. The van der Waals surface area contributed by atoms with E-state index >= 15 is 0 Å². The number of fused-ring (bicyclic) bond motifs is 2. The van der Waals surface area contributed by atoms with Crippen LogP contribution in [0.15, 0.2) is 77.2 Å². The largest absolute Gasteiger partial charge is 0.457 e. The van der Waals surface area contributed by atoms with E-state index in [1.807, 2.05) is 48.5 Å². The number of amides is 1. The molecule has 1 N–H and O–H groups in total. The summed E-state index contributed by atoms with van der Waals surface area (Å²) in [4.78, 5) is 13.2. The number of aromatic nitrogens is 2. The summed E-state index contributed by atoms with van der Waals surface area (Å²) in [6.07, 6.45) is 0.339. The first-order valence-electron chi connectivity index (χ1n) is 9.41. The number of nitrogens with one attached hydrogen (secondary N) is 1. The Morgan fingerprint density at radius 2 is 1.53 bits per heavy atom. The van der Waals surface area contributed by atoms with Crippen LogP contribution in [0.3, 0.4) is 0 Å². The lowest BCUT2D eigenvalue weighted by Crippen LogP contribution is -2.25. The Balaban J connectivity index is 1.39. The lowest BCUT2D eigenvalue weighted by atomic mass is 9.87. The summed E-state index contributed by atoms with van der Waals surface area (Å²) in [7, 11) is 0. The molecule has 1 aliphatic rings. The van der Waals surface area contributed by atoms with Crippen LogP contribution in [-0.4, -0.2) is 16.1 Å². The highest BCUT2D eigenvalue weighted by molar-refractivity contribution is 5.98. The van der Waals surface area contributed by atoms with Crippen LogP contribution < -0.4 is 10.1 Å². The maximum Gasteiger partial charge on any atom is 0.322 e. The average Bonchev–Trinajstić information content (AvgIpc) is 3.20. The van der Waals surface area contributed by atoms with Gasteiger partial charge in [0.15, 0.2) is 0 Å². The SMILES string of the molecule is O=C(Nc1nnc(Cc2ccc(F)cc2)o1)C1c2ccccc2Oc2ccccc21. The molecule has 0 fully saturated rings. The van der Waals surface area contributed by atoms with Gasteiger partial charge in [-0.3, -0.25) is 10.1 Å². The number of rotatable bonds is 4. The Bertz CT molecular complexity index is 1170. The highest BCUT2D eigenvalue weighted by Crippen LogP contribution is 2.44. The molecule has 0 atom stereocenters. The molecule has 0 saturated heterocycles. The van der Waals surface area contributed by atoms with Crippen LogP contribution in [0.5, 0.6) is 11.5 Å². The Hall–Kier alpha value is -4.00. The minimum Gasteiger partial charge on any atom is -0.457 e. The minimum atomic E-state index is -0.571. The predicted octanol–water partition coefficient (Wildman–Crippen LogP) is 4.68. The smallest absolute Gasteiger partial charge is 0.322 e. The molecule has 6 nitrogen and oxygen atoms in total. The van der Waals surface area contributed by atoms with Crippen LogP contribution >= 0.6 is 0 Å². The van der Waals surface area contributed by atoms with Crippen LogP contribution in [0, 0.1) is 5.82 Å². The Morgan fingerprint density at radius 1 is 0.900 bits per heavy atom. The summed E-state index contributed by atoms with van der Waals surface area (Å²) in [6, 6.07) is 20.9. The molecule has 1 amide bonds. The summed E-state index contributed by atoms with van der Waals surface area (Å²) in [5.41, 5.74) is 2.35. The van der Waals surface area contributed by atoms with Crippen LogP contribution in [-0.2, 0) is 11.2 Å². The van der Waals surface area contributed by atoms with Gasteiger partial charge in [-0.1, -0.05) is 53.6 Å². The Morgan fingerprint density at radius 3 is 2.20 bits per heavy atom. The third-order valence-corrected chi connectivity index (χ3v) is 4.91. The number of benzene rings is 3. The molecule has 0 radical (unpaired) electrons. The molecule has 148 valence electrons. The molecule has 7 heteroatoms. The Labute approximate surface area is 171 Å². The lowest BCUT2D eigenvalue weighted by Gasteiger charge is -2.26. The van der Waals surface area contributed by atoms with Gasteiger partial charge in [-0.2, -0.15) is 0 Å². The van der Waals surface area contributed by atoms with Gasteiger partial charge in [0.25, 0.3) is 0 Å². The first-order valence-corrected chi connectivity index (χ1v) is 9.41. The maximum absolute atomic E-state index is 13.2. The van der Waals surface area contributed by atoms with Crippen molar-refractivity contribution in [3.63, 3.8) is 0 Å². The fourth-order valence-corrected chi connectivity index (χ4v) is 3.52. The van der Waals surface area contributed by atoms with Gasteiger partial charge < -0.3 is 9.15 Å². The molecular weight excluding hydrogens is 385 g/mol. The highest BCUT2D eigenvalue weighted by atomic mass is 19.1. The lowest BCUT2D eigenvalue weighted by molar-refractivity contribution is -0.117. The number of para-hydroxylation sites is 2. The standard InChI is InChI=1S/C23H16FN3O3/c24-15-11-9-14(10-12-15)13-20-26-27-23(30-20)25-22(28)21-16-5-1-3-7-18(16)29-19-8-4-2-6-17(19)21/h1-12,21H,13H2,(H,25,27,28). The van der Waals surface area contributed by atoms with Gasteiger partial charge in [-0.25, -0.2) is 4.39 Å². The topological polar surface area (TPSA) is 77.3 Å². The van der Waals surface area contributed by atoms with Crippen molar-refractivity contribution in [1.82, 2.24) is 10.2 Å². The van der Waals surface area contributed by atoms with Crippen molar-refractivity contribution in [2.45, 2.75) is 12.3 Å². The maximum atomic E-state index is 13.2. The van der Waals surface area contributed by atoms with Gasteiger partial charge in [0.2, 0.25) is 11.8 Å². The fraction of sp³-hybridized carbons (Fsp3) is 0.0870. The molecular formula is C23H16FN3O3. The Kier molecular flexibility index (Phi) is 4.48. The van der Waals surface area contributed by atoms with Crippen molar-refractivity contribution in [3.8, 4) is 11.5 Å². The summed E-state index contributed by atoms with van der Waals surface area (Å²) in [5, 5.41) is 10.6. The molecule has 1 aromatic heterocycles. The van der Waals surface area contributed by atoms with E-state index in [4.69, 9.17) is 9.15 Å². The second kappa shape index (κ2) is 7.44. The van der Waals surface area contributed by atoms with E-state index in [1.165, 1.54) is 12.1 Å². The number of hydrogen-bond acceptors (Lipinski definition) is 5. The third kappa shape index (κ3) is 3.41. The molecule has 30 heavy (non-hydrogen) atoms. The van der Waals surface area contributed by atoms with E-state index in [0.29, 0.717) is 23.8 Å². The predicted molar refractivity (Wildman–Crippen MR) is 107 cm³/mol.